The van der Waals surface area contributed by atoms with Crippen LogP contribution in [0.25, 0.3) is 0 Å². The van der Waals surface area contributed by atoms with Crippen LogP contribution in [0.3, 0.4) is 0 Å². The SMILES string of the molecule is CC(=O)N1C(C(C)C)N(C(C)C)C[C@@H]1C. The van der Waals surface area contributed by atoms with Gasteiger partial charge in [0.25, 0.3) is 0 Å². The molecule has 88 valence electrons. The number of amides is 1. The van der Waals surface area contributed by atoms with Gasteiger partial charge in [0.15, 0.2) is 0 Å². The second kappa shape index (κ2) is 4.52. The molecule has 0 aromatic carbocycles. The van der Waals surface area contributed by atoms with E-state index in [0.717, 1.165) is 6.54 Å². The van der Waals surface area contributed by atoms with Crippen molar-refractivity contribution in [2.75, 3.05) is 6.54 Å². The van der Waals surface area contributed by atoms with Crippen LogP contribution in [-0.4, -0.2) is 40.5 Å². The number of nitrogens with zero attached hydrogens (tertiary/aromatic N) is 2. The molecule has 1 unspecified atom stereocenters. The van der Waals surface area contributed by atoms with E-state index in [1.165, 1.54) is 0 Å². The van der Waals surface area contributed by atoms with E-state index in [1.54, 1.807) is 6.92 Å². The van der Waals surface area contributed by atoms with Gasteiger partial charge in [0.2, 0.25) is 5.91 Å². The fourth-order valence-corrected chi connectivity index (χ4v) is 2.64. The first kappa shape index (κ1) is 12.5. The third-order valence-corrected chi connectivity index (χ3v) is 3.20. The molecule has 3 nitrogen and oxygen atoms in total. The molecule has 0 aliphatic carbocycles. The number of carbonyl (C=O) groups excluding carboxylic acids is 1. The van der Waals surface area contributed by atoms with Crippen LogP contribution < -0.4 is 0 Å². The lowest BCUT2D eigenvalue weighted by molar-refractivity contribution is -0.134. The zero-order chi connectivity index (χ0) is 11.7. The standard InChI is InChI=1S/C12H24N2O/c1-8(2)12-13(9(3)4)7-10(5)14(12)11(6)15/h8-10,12H,7H2,1-6H3/t10-,12?/m0/s1. The lowest BCUT2D eigenvalue weighted by Gasteiger charge is -2.35. The minimum absolute atomic E-state index is 0.198. The summed E-state index contributed by atoms with van der Waals surface area (Å²) in [6.07, 6.45) is 0.275. The molecule has 1 aliphatic rings. The molecule has 0 aromatic heterocycles. The monoisotopic (exact) mass is 212 g/mol. The largest absolute Gasteiger partial charge is 0.323 e. The van der Waals surface area contributed by atoms with Crippen molar-refractivity contribution in [2.45, 2.75) is 59.8 Å². The maximum absolute atomic E-state index is 11.6. The van der Waals surface area contributed by atoms with E-state index in [4.69, 9.17) is 0 Å². The molecule has 15 heavy (non-hydrogen) atoms. The molecule has 1 amide bonds. The van der Waals surface area contributed by atoms with E-state index in [0.29, 0.717) is 18.0 Å². The van der Waals surface area contributed by atoms with Gasteiger partial charge in [-0.2, -0.15) is 0 Å². The molecule has 0 radical (unpaired) electrons. The Bertz CT molecular complexity index is 238. The van der Waals surface area contributed by atoms with Crippen molar-refractivity contribution in [1.29, 1.82) is 0 Å². The third-order valence-electron chi connectivity index (χ3n) is 3.20. The molecule has 1 rings (SSSR count). The van der Waals surface area contributed by atoms with Gasteiger partial charge in [-0.05, 0) is 26.7 Å². The Kier molecular flexibility index (Phi) is 3.77. The average molecular weight is 212 g/mol. The van der Waals surface area contributed by atoms with Gasteiger partial charge in [-0.1, -0.05) is 13.8 Å². The van der Waals surface area contributed by atoms with Gasteiger partial charge in [-0.15, -0.1) is 0 Å². The molecule has 0 bridgehead atoms. The first-order valence-electron chi connectivity index (χ1n) is 5.91. The Morgan fingerprint density at radius 3 is 2.13 bits per heavy atom. The van der Waals surface area contributed by atoms with Crippen molar-refractivity contribution in [3.05, 3.63) is 0 Å². The molecule has 0 N–H and O–H groups in total. The summed E-state index contributed by atoms with van der Waals surface area (Å²) in [5.41, 5.74) is 0. The second-order valence-corrected chi connectivity index (χ2v) is 5.22. The van der Waals surface area contributed by atoms with Crippen LogP contribution in [0.4, 0.5) is 0 Å². The van der Waals surface area contributed by atoms with Gasteiger partial charge in [0.05, 0.1) is 6.17 Å². The topological polar surface area (TPSA) is 23.6 Å². The van der Waals surface area contributed by atoms with Gasteiger partial charge in [0, 0.05) is 25.6 Å². The zero-order valence-corrected chi connectivity index (χ0v) is 10.8. The van der Waals surface area contributed by atoms with Crippen molar-refractivity contribution >= 4 is 5.91 Å². The van der Waals surface area contributed by atoms with E-state index in [2.05, 4.69) is 39.5 Å². The molecule has 1 heterocycles. The van der Waals surface area contributed by atoms with Crippen molar-refractivity contribution in [2.24, 2.45) is 5.92 Å². The van der Waals surface area contributed by atoms with Gasteiger partial charge in [0.1, 0.15) is 0 Å². The zero-order valence-electron chi connectivity index (χ0n) is 10.8. The number of rotatable bonds is 2. The van der Waals surface area contributed by atoms with Crippen LogP contribution >= 0.6 is 0 Å². The highest BCUT2D eigenvalue weighted by molar-refractivity contribution is 5.74. The first-order valence-corrected chi connectivity index (χ1v) is 5.91. The minimum atomic E-state index is 0.198. The fourth-order valence-electron chi connectivity index (χ4n) is 2.64. The summed E-state index contributed by atoms with van der Waals surface area (Å²) >= 11 is 0. The Labute approximate surface area is 93.4 Å². The summed E-state index contributed by atoms with van der Waals surface area (Å²) in [5, 5.41) is 0. The molecular weight excluding hydrogens is 188 g/mol. The maximum Gasteiger partial charge on any atom is 0.220 e. The normalized spacial score (nSPS) is 28.1. The van der Waals surface area contributed by atoms with Gasteiger partial charge in [-0.25, -0.2) is 0 Å². The summed E-state index contributed by atoms with van der Waals surface area (Å²) in [6, 6.07) is 0.849. The highest BCUT2D eigenvalue weighted by Gasteiger charge is 2.41. The van der Waals surface area contributed by atoms with E-state index < -0.39 is 0 Å². The summed E-state index contributed by atoms with van der Waals surface area (Å²) in [5.74, 6) is 0.686. The van der Waals surface area contributed by atoms with Gasteiger partial charge in [-0.3, -0.25) is 9.69 Å². The Hall–Kier alpha value is -0.570. The van der Waals surface area contributed by atoms with E-state index in [1.807, 2.05) is 4.90 Å². The van der Waals surface area contributed by atoms with Crippen LogP contribution in [0.15, 0.2) is 0 Å². The number of carbonyl (C=O) groups is 1. The quantitative estimate of drug-likeness (QED) is 0.698. The van der Waals surface area contributed by atoms with Crippen LogP contribution in [0.5, 0.6) is 0 Å². The average Bonchev–Trinajstić information content (AvgIpc) is 2.42. The molecule has 3 heteroatoms. The lowest BCUT2D eigenvalue weighted by atomic mass is 10.1. The van der Waals surface area contributed by atoms with Crippen molar-refractivity contribution in [3.63, 3.8) is 0 Å². The molecule has 1 aliphatic heterocycles. The third kappa shape index (κ3) is 2.33. The molecule has 0 spiro atoms. The lowest BCUT2D eigenvalue weighted by Crippen LogP contribution is -2.48. The number of hydrogen-bond donors (Lipinski definition) is 0. The van der Waals surface area contributed by atoms with Crippen LogP contribution in [0.1, 0.15) is 41.5 Å². The fraction of sp³-hybridized carbons (Fsp3) is 0.917. The Morgan fingerprint density at radius 1 is 1.27 bits per heavy atom. The van der Waals surface area contributed by atoms with Crippen LogP contribution in [-0.2, 0) is 4.79 Å². The molecule has 0 saturated carbocycles. The first-order chi connectivity index (χ1) is 6.86. The Morgan fingerprint density at radius 2 is 1.80 bits per heavy atom. The molecule has 0 aromatic rings. The predicted molar refractivity (Wildman–Crippen MR) is 62.5 cm³/mol. The molecular formula is C12H24N2O. The van der Waals surface area contributed by atoms with E-state index in [-0.39, 0.29) is 12.1 Å². The summed E-state index contributed by atoms with van der Waals surface area (Å²) in [4.78, 5) is 16.1. The highest BCUT2D eigenvalue weighted by Crippen LogP contribution is 2.27. The summed E-state index contributed by atoms with van der Waals surface area (Å²) < 4.78 is 0. The van der Waals surface area contributed by atoms with Gasteiger partial charge >= 0.3 is 0 Å². The van der Waals surface area contributed by atoms with E-state index in [9.17, 15) is 4.79 Å². The smallest absolute Gasteiger partial charge is 0.220 e. The Balaban J connectivity index is 2.93. The second-order valence-electron chi connectivity index (χ2n) is 5.22. The molecule has 2 atom stereocenters. The van der Waals surface area contributed by atoms with Gasteiger partial charge < -0.3 is 4.90 Å². The minimum Gasteiger partial charge on any atom is -0.323 e. The number of hydrogen-bond acceptors (Lipinski definition) is 2. The summed E-state index contributed by atoms with van der Waals surface area (Å²) in [6.45, 7) is 13.6. The van der Waals surface area contributed by atoms with Crippen molar-refractivity contribution < 1.29 is 4.79 Å². The molecule has 1 fully saturated rings. The van der Waals surface area contributed by atoms with Crippen molar-refractivity contribution in [1.82, 2.24) is 9.80 Å². The van der Waals surface area contributed by atoms with Crippen molar-refractivity contribution in [3.8, 4) is 0 Å². The predicted octanol–water partition coefficient (Wildman–Crippen LogP) is 1.93. The van der Waals surface area contributed by atoms with Crippen LogP contribution in [0.2, 0.25) is 0 Å². The van der Waals surface area contributed by atoms with E-state index >= 15 is 0 Å². The summed E-state index contributed by atoms with van der Waals surface area (Å²) in [7, 11) is 0. The maximum atomic E-state index is 11.6. The molecule has 1 saturated heterocycles. The highest BCUT2D eigenvalue weighted by atomic mass is 16.2. The van der Waals surface area contributed by atoms with Crippen LogP contribution in [0, 0.1) is 5.92 Å².